The van der Waals surface area contributed by atoms with Gasteiger partial charge in [0.15, 0.2) is 10.5 Å². The van der Waals surface area contributed by atoms with E-state index < -0.39 is 5.91 Å². The van der Waals surface area contributed by atoms with Crippen molar-refractivity contribution in [3.63, 3.8) is 0 Å². The van der Waals surface area contributed by atoms with Gasteiger partial charge in [-0.25, -0.2) is 0 Å². The highest BCUT2D eigenvalue weighted by molar-refractivity contribution is 7.16. The minimum absolute atomic E-state index is 0.105. The molecule has 2 aromatic heterocycles. The van der Waals surface area contributed by atoms with Gasteiger partial charge in [-0.3, -0.25) is 4.79 Å². The molecule has 0 bridgehead atoms. The summed E-state index contributed by atoms with van der Waals surface area (Å²) in [6.07, 6.45) is 0. The van der Waals surface area contributed by atoms with Crippen molar-refractivity contribution in [3.05, 3.63) is 17.1 Å². The predicted octanol–water partition coefficient (Wildman–Crippen LogP) is 0.434. The summed E-state index contributed by atoms with van der Waals surface area (Å²) in [5.74, 6) is -0.633. The Labute approximate surface area is 71.0 Å². The molecule has 5 nitrogen and oxygen atoms in total. The molecule has 0 atom stereocenters. The van der Waals surface area contributed by atoms with Crippen molar-refractivity contribution in [3.8, 4) is 0 Å². The number of amides is 1. The van der Waals surface area contributed by atoms with Gasteiger partial charge in [0, 0.05) is 5.39 Å². The van der Waals surface area contributed by atoms with Gasteiger partial charge >= 0.3 is 0 Å². The van der Waals surface area contributed by atoms with E-state index in [0.29, 0.717) is 15.1 Å². The Balaban J connectivity index is 2.83. The quantitative estimate of drug-likeness (QED) is 0.629. The van der Waals surface area contributed by atoms with Gasteiger partial charge in [0.25, 0.3) is 5.91 Å². The first kappa shape index (κ1) is 7.11. The van der Waals surface area contributed by atoms with E-state index in [-0.39, 0.29) is 5.69 Å². The van der Waals surface area contributed by atoms with Crippen molar-refractivity contribution in [2.75, 3.05) is 0 Å². The Morgan fingerprint density at radius 1 is 1.75 bits per heavy atom. The third kappa shape index (κ3) is 0.782. The predicted molar refractivity (Wildman–Crippen MR) is 43.3 cm³/mol. The normalized spacial score (nSPS) is 10.7. The van der Waals surface area contributed by atoms with Crippen LogP contribution < -0.4 is 5.73 Å². The molecule has 0 aliphatic carbocycles. The number of thiophene rings is 1. The van der Waals surface area contributed by atoms with Gasteiger partial charge in [-0.15, -0.1) is 16.4 Å². The van der Waals surface area contributed by atoms with Crippen molar-refractivity contribution in [2.45, 2.75) is 0 Å². The summed E-state index contributed by atoms with van der Waals surface area (Å²) in [5.41, 5.74) is 5.14. The van der Waals surface area contributed by atoms with Gasteiger partial charge in [-0.05, 0) is 11.4 Å². The summed E-state index contributed by atoms with van der Waals surface area (Å²) >= 11 is 1.29. The maximum atomic E-state index is 10.8. The third-order valence-corrected chi connectivity index (χ3v) is 2.39. The van der Waals surface area contributed by atoms with Gasteiger partial charge in [0.2, 0.25) is 0 Å². The van der Waals surface area contributed by atoms with E-state index in [4.69, 9.17) is 10.9 Å². The molecule has 0 spiro atoms. The summed E-state index contributed by atoms with van der Waals surface area (Å²) in [4.78, 5) is 12.0. The van der Waals surface area contributed by atoms with Crippen LogP contribution in [0.5, 0.6) is 0 Å². The molecule has 6 heteroatoms. The molecule has 2 rings (SSSR count). The molecule has 2 heterocycles. The van der Waals surface area contributed by atoms with Crippen LogP contribution in [0.15, 0.2) is 11.4 Å². The number of rotatable bonds is 1. The molecule has 0 aromatic carbocycles. The molecule has 0 unspecified atom stereocenters. The monoisotopic (exact) mass is 183 g/mol. The number of nitrogens with two attached hydrogens (primary N) is 1. The van der Waals surface area contributed by atoms with Crippen LogP contribution in [0.2, 0.25) is 0 Å². The van der Waals surface area contributed by atoms with Crippen molar-refractivity contribution < 1.29 is 10.0 Å². The van der Waals surface area contributed by atoms with E-state index in [1.807, 2.05) is 0 Å². The summed E-state index contributed by atoms with van der Waals surface area (Å²) < 4.78 is 0. The Morgan fingerprint density at radius 3 is 3.17 bits per heavy atom. The lowest BCUT2D eigenvalue weighted by molar-refractivity contribution is 0.0985. The molecule has 62 valence electrons. The van der Waals surface area contributed by atoms with E-state index >= 15 is 0 Å². The third-order valence-electron chi connectivity index (χ3n) is 1.51. The fourth-order valence-electron chi connectivity index (χ4n) is 1.01. The van der Waals surface area contributed by atoms with Gasteiger partial charge < -0.3 is 10.9 Å². The number of fused-ring (bicyclic) bond motifs is 1. The first-order chi connectivity index (χ1) is 5.70. The molecule has 12 heavy (non-hydrogen) atoms. The number of nitrogens with zero attached hydrogens (tertiary/aromatic N) is 2. The second-order valence-corrected chi connectivity index (χ2v) is 3.14. The number of carbonyl (C=O) groups is 1. The van der Waals surface area contributed by atoms with Crippen molar-refractivity contribution in [1.29, 1.82) is 0 Å². The fourth-order valence-corrected chi connectivity index (χ4v) is 1.77. The number of aromatic nitrogens is 2. The standard InChI is InChI=1S/C6H5N3O2S/c7-5(10)4-3-1-2-12-6(3)9(11)8-4/h1-2,11H,(H2,7,10). The van der Waals surface area contributed by atoms with Crippen LogP contribution in [-0.4, -0.2) is 21.1 Å². The zero-order chi connectivity index (χ0) is 8.72. The number of carbonyl (C=O) groups excluding carboxylic acids is 1. The van der Waals surface area contributed by atoms with Gasteiger partial charge in [0.1, 0.15) is 0 Å². The summed E-state index contributed by atoms with van der Waals surface area (Å²) in [6, 6.07) is 1.69. The number of primary amides is 1. The average Bonchev–Trinajstić information content (AvgIpc) is 2.53. The summed E-state index contributed by atoms with van der Waals surface area (Å²) in [6.45, 7) is 0. The largest absolute Gasteiger partial charge is 0.411 e. The molecular weight excluding hydrogens is 178 g/mol. The fraction of sp³-hybridized carbons (Fsp3) is 0. The molecule has 0 saturated heterocycles. The highest BCUT2D eigenvalue weighted by Gasteiger charge is 2.14. The van der Waals surface area contributed by atoms with Crippen molar-refractivity contribution >= 4 is 27.5 Å². The van der Waals surface area contributed by atoms with Gasteiger partial charge in [-0.1, -0.05) is 4.85 Å². The molecular formula is C6H5N3O2S. The highest BCUT2D eigenvalue weighted by Crippen LogP contribution is 2.22. The van der Waals surface area contributed by atoms with Crippen LogP contribution in [0.25, 0.3) is 10.2 Å². The molecule has 2 aromatic rings. The zero-order valence-electron chi connectivity index (χ0n) is 5.89. The molecule has 3 N–H and O–H groups in total. The smallest absolute Gasteiger partial charge is 0.270 e. The van der Waals surface area contributed by atoms with Crippen LogP contribution in [0.3, 0.4) is 0 Å². The average molecular weight is 183 g/mol. The second-order valence-electron chi connectivity index (χ2n) is 2.24. The first-order valence-electron chi connectivity index (χ1n) is 3.15. The molecule has 0 fully saturated rings. The molecule has 0 radical (unpaired) electrons. The SMILES string of the molecule is NC(=O)c1nn(O)c2sccc12. The van der Waals surface area contributed by atoms with Crippen LogP contribution in [0, 0.1) is 0 Å². The maximum Gasteiger partial charge on any atom is 0.270 e. The van der Waals surface area contributed by atoms with Crippen molar-refractivity contribution in [2.24, 2.45) is 5.73 Å². The van der Waals surface area contributed by atoms with Crippen LogP contribution >= 0.6 is 11.3 Å². The summed E-state index contributed by atoms with van der Waals surface area (Å²) in [7, 11) is 0. The Hall–Kier alpha value is -1.56. The molecule has 0 aliphatic rings. The molecule has 0 aliphatic heterocycles. The first-order valence-corrected chi connectivity index (χ1v) is 4.03. The number of hydrogen-bond donors (Lipinski definition) is 2. The van der Waals surface area contributed by atoms with E-state index in [2.05, 4.69) is 5.10 Å². The number of hydrogen-bond acceptors (Lipinski definition) is 4. The molecule has 0 saturated carbocycles. The second kappa shape index (κ2) is 2.21. The van der Waals surface area contributed by atoms with Gasteiger partial charge in [-0.2, -0.15) is 0 Å². The highest BCUT2D eigenvalue weighted by atomic mass is 32.1. The van der Waals surface area contributed by atoms with Gasteiger partial charge in [0.05, 0.1) is 0 Å². The lowest BCUT2D eigenvalue weighted by Gasteiger charge is -1.85. The summed E-state index contributed by atoms with van der Waals surface area (Å²) in [5, 5.41) is 15.0. The maximum absolute atomic E-state index is 10.8. The minimum atomic E-state index is -0.633. The van der Waals surface area contributed by atoms with Crippen molar-refractivity contribution in [1.82, 2.24) is 9.94 Å². The lowest BCUT2D eigenvalue weighted by atomic mass is 10.3. The zero-order valence-corrected chi connectivity index (χ0v) is 6.71. The van der Waals surface area contributed by atoms with Crippen LogP contribution in [-0.2, 0) is 0 Å². The van der Waals surface area contributed by atoms with E-state index in [1.54, 1.807) is 11.4 Å². The minimum Gasteiger partial charge on any atom is -0.411 e. The van der Waals surface area contributed by atoms with E-state index in [9.17, 15) is 4.79 Å². The van der Waals surface area contributed by atoms with E-state index in [0.717, 1.165) is 0 Å². The Bertz CT molecular complexity index is 445. The van der Waals surface area contributed by atoms with Crippen LogP contribution in [0.4, 0.5) is 0 Å². The topological polar surface area (TPSA) is 81.1 Å². The Kier molecular flexibility index (Phi) is 1.31. The van der Waals surface area contributed by atoms with Crippen LogP contribution in [0.1, 0.15) is 10.5 Å². The lowest BCUT2D eigenvalue weighted by Crippen LogP contribution is -2.12. The molecule has 1 amide bonds. The Morgan fingerprint density at radius 2 is 2.50 bits per heavy atom. The van der Waals surface area contributed by atoms with E-state index in [1.165, 1.54) is 11.3 Å².